The molecule has 1 aromatic rings. The molecule has 0 spiro atoms. The van der Waals surface area contributed by atoms with Gasteiger partial charge in [-0.05, 0) is 11.6 Å². The number of oxime groups is 1. The highest BCUT2D eigenvalue weighted by Crippen LogP contribution is 2.41. The molecule has 3 rings (SSSR count). The Morgan fingerprint density at radius 2 is 2.11 bits per heavy atom. The molecule has 0 aliphatic carbocycles. The second-order valence-corrected chi connectivity index (χ2v) is 9.02. The lowest BCUT2D eigenvalue weighted by Gasteiger charge is -2.49. The Morgan fingerprint density at radius 3 is 2.69 bits per heavy atom. The number of hydrogen-bond donors (Lipinski definition) is 3. The number of fused-ring (bicyclic) bond motifs is 1. The maximum absolute atomic E-state index is 12.9. The first-order chi connectivity index (χ1) is 16.5. The maximum atomic E-state index is 12.9. The number of esters is 2. The van der Waals surface area contributed by atoms with E-state index in [4.69, 9.17) is 15.2 Å². The van der Waals surface area contributed by atoms with E-state index >= 15 is 0 Å². The minimum absolute atomic E-state index is 0.00419. The van der Waals surface area contributed by atoms with E-state index in [1.165, 1.54) is 12.3 Å². The molecule has 0 radical (unpaired) electrons. The van der Waals surface area contributed by atoms with Gasteiger partial charge in [-0.25, -0.2) is 18.6 Å². The molecule has 0 aromatic carbocycles. The Hall–Kier alpha value is -3.53. The van der Waals surface area contributed by atoms with E-state index in [-0.39, 0.29) is 27.8 Å². The summed E-state index contributed by atoms with van der Waals surface area (Å²) in [6, 6.07) is -1.13. The second-order valence-electron chi connectivity index (χ2n) is 7.03. The molecule has 12 nitrogen and oxygen atoms in total. The van der Waals surface area contributed by atoms with Crippen molar-refractivity contribution in [2.75, 3.05) is 11.5 Å². The SMILES string of the molecule is CC(=O)OC(C)OC(=O)C1=C(/C=C/C(F)F)CS[C@@H]2[C@H](NC(=O)/C(=N\O)c3csc(N)n3)C(=O)N12. The van der Waals surface area contributed by atoms with Gasteiger partial charge in [0.1, 0.15) is 22.8 Å². The van der Waals surface area contributed by atoms with Gasteiger partial charge in [-0.15, -0.1) is 23.1 Å². The molecule has 3 atom stereocenters. The third kappa shape index (κ3) is 5.76. The van der Waals surface area contributed by atoms with Crippen molar-refractivity contribution in [1.29, 1.82) is 0 Å². The molecule has 1 unspecified atom stereocenters. The number of allylic oxidation sites excluding steroid dienone is 2. The first kappa shape index (κ1) is 26.1. The van der Waals surface area contributed by atoms with Gasteiger partial charge in [-0.1, -0.05) is 11.2 Å². The van der Waals surface area contributed by atoms with Crippen molar-refractivity contribution in [1.82, 2.24) is 15.2 Å². The van der Waals surface area contributed by atoms with Crippen LogP contribution in [0.15, 0.2) is 34.0 Å². The predicted molar refractivity (Wildman–Crippen MR) is 119 cm³/mol. The predicted octanol–water partition coefficient (Wildman–Crippen LogP) is 0.831. The monoisotopic (exact) mass is 531 g/mol. The fourth-order valence-electron chi connectivity index (χ4n) is 3.23. The van der Waals surface area contributed by atoms with Crippen LogP contribution >= 0.6 is 23.1 Å². The first-order valence-electron chi connectivity index (χ1n) is 9.80. The summed E-state index contributed by atoms with van der Waals surface area (Å²) in [5.41, 5.74) is 4.81. The highest BCUT2D eigenvalue weighted by molar-refractivity contribution is 8.00. The molecule has 2 aliphatic heterocycles. The van der Waals surface area contributed by atoms with Gasteiger partial charge in [0.25, 0.3) is 18.2 Å². The highest BCUT2D eigenvalue weighted by atomic mass is 32.2. The number of β-lactam (4-membered cyclic amide) rings is 1. The number of nitrogens with zero attached hydrogens (tertiary/aromatic N) is 3. The average Bonchev–Trinajstić information content (AvgIpc) is 3.20. The minimum Gasteiger partial charge on any atom is -0.426 e. The standard InChI is InChI=1S/C19H19F2N5O7S2/c1-7(27)32-8(2)33-18(30)14-9(3-4-11(20)21)5-34-17-13(16(29)26(14)17)24-15(28)12(25-31)10-6-35-19(22)23-10/h3-4,6,8,11,13,17,31H,5H2,1-2H3,(H2,22,23)(H,24,28)/b4-3+,25-12-/t8?,13-,17-/m1/s1. The van der Waals surface area contributed by atoms with Crippen LogP contribution in [0.25, 0.3) is 0 Å². The van der Waals surface area contributed by atoms with Gasteiger partial charge < -0.3 is 25.7 Å². The van der Waals surface area contributed by atoms with E-state index in [9.17, 15) is 33.2 Å². The van der Waals surface area contributed by atoms with Gasteiger partial charge in [-0.3, -0.25) is 19.3 Å². The molecule has 0 bridgehead atoms. The number of carbonyl (C=O) groups is 4. The minimum atomic E-state index is -2.81. The zero-order valence-corrected chi connectivity index (χ0v) is 19.8. The van der Waals surface area contributed by atoms with Crippen molar-refractivity contribution in [3.8, 4) is 0 Å². The molecular formula is C19H19F2N5O7S2. The number of nitrogen functional groups attached to an aromatic ring is 1. The number of anilines is 1. The van der Waals surface area contributed by atoms with Crippen molar-refractivity contribution in [2.24, 2.45) is 5.16 Å². The average molecular weight is 532 g/mol. The number of nitrogens with one attached hydrogen (secondary N) is 1. The van der Waals surface area contributed by atoms with Crippen LogP contribution in [0.1, 0.15) is 19.5 Å². The smallest absolute Gasteiger partial charge is 0.358 e. The molecule has 2 amide bonds. The topological polar surface area (TPSA) is 174 Å². The lowest BCUT2D eigenvalue weighted by molar-refractivity contribution is -0.182. The summed E-state index contributed by atoms with van der Waals surface area (Å²) in [5, 5.41) is 15.3. The fourth-order valence-corrected chi connectivity index (χ4v) is 5.10. The van der Waals surface area contributed by atoms with Crippen LogP contribution in [0, 0.1) is 0 Å². The van der Waals surface area contributed by atoms with E-state index in [0.717, 1.165) is 41.0 Å². The van der Waals surface area contributed by atoms with Gasteiger partial charge in [0, 0.05) is 25.0 Å². The Morgan fingerprint density at radius 1 is 1.40 bits per heavy atom. The van der Waals surface area contributed by atoms with Crippen molar-refractivity contribution >= 4 is 57.7 Å². The third-order valence-electron chi connectivity index (χ3n) is 4.61. The number of carbonyl (C=O) groups excluding carboxylic acids is 4. The molecule has 35 heavy (non-hydrogen) atoms. The molecule has 1 aromatic heterocycles. The lowest BCUT2D eigenvalue weighted by Crippen LogP contribution is -2.71. The molecule has 188 valence electrons. The number of thiazole rings is 1. The van der Waals surface area contributed by atoms with E-state index in [2.05, 4.69) is 15.5 Å². The second kappa shape index (κ2) is 10.8. The summed E-state index contributed by atoms with van der Waals surface area (Å²) < 4.78 is 35.3. The van der Waals surface area contributed by atoms with Gasteiger partial charge in [0.15, 0.2) is 10.8 Å². The number of thioether (sulfide) groups is 1. The molecule has 2 aliphatic rings. The summed E-state index contributed by atoms with van der Waals surface area (Å²) in [5.74, 6) is -3.43. The summed E-state index contributed by atoms with van der Waals surface area (Å²) in [4.78, 5) is 54.3. The summed E-state index contributed by atoms with van der Waals surface area (Å²) in [6.07, 6.45) is -2.56. The van der Waals surface area contributed by atoms with Crippen LogP contribution in [0.5, 0.6) is 0 Å². The normalized spacial score (nSPS) is 21.0. The number of aromatic nitrogens is 1. The van der Waals surface area contributed by atoms with Crippen molar-refractivity contribution in [2.45, 2.75) is 38.0 Å². The number of rotatable bonds is 8. The fraction of sp³-hybridized carbons (Fsp3) is 0.368. The van der Waals surface area contributed by atoms with Crippen molar-refractivity contribution < 1.29 is 42.6 Å². The van der Waals surface area contributed by atoms with Gasteiger partial charge in [0.2, 0.25) is 6.29 Å². The zero-order valence-electron chi connectivity index (χ0n) is 18.1. The summed E-state index contributed by atoms with van der Waals surface area (Å²) >= 11 is 2.11. The Bertz CT molecular complexity index is 1140. The summed E-state index contributed by atoms with van der Waals surface area (Å²) in [7, 11) is 0. The number of amides is 2. The Kier molecular flexibility index (Phi) is 8.06. The molecular weight excluding hydrogens is 512 g/mol. The van der Waals surface area contributed by atoms with Crippen molar-refractivity contribution in [3.63, 3.8) is 0 Å². The number of halogens is 2. The quantitative estimate of drug-likeness (QED) is 0.109. The van der Waals surface area contributed by atoms with E-state index in [1.807, 2.05) is 0 Å². The largest absolute Gasteiger partial charge is 0.426 e. The molecule has 16 heteroatoms. The Labute approximate surface area is 204 Å². The first-order valence-corrected chi connectivity index (χ1v) is 11.7. The van der Waals surface area contributed by atoms with Gasteiger partial charge in [0.05, 0.1) is 0 Å². The number of alkyl halides is 2. The molecule has 4 N–H and O–H groups in total. The van der Waals surface area contributed by atoms with E-state index in [0.29, 0.717) is 6.08 Å². The van der Waals surface area contributed by atoms with Gasteiger partial charge in [-0.2, -0.15) is 0 Å². The van der Waals surface area contributed by atoms with Crippen LogP contribution in [-0.4, -0.2) is 74.4 Å². The zero-order chi connectivity index (χ0) is 25.9. The van der Waals surface area contributed by atoms with Crippen LogP contribution in [-0.2, 0) is 28.7 Å². The molecule has 3 heterocycles. The maximum Gasteiger partial charge on any atom is 0.358 e. The lowest BCUT2D eigenvalue weighted by atomic mass is 10.0. The Balaban J connectivity index is 1.82. The van der Waals surface area contributed by atoms with Crippen molar-refractivity contribution in [3.05, 3.63) is 34.5 Å². The number of ether oxygens (including phenoxy) is 2. The summed E-state index contributed by atoms with van der Waals surface area (Å²) in [6.45, 7) is 2.37. The van der Waals surface area contributed by atoms with Crippen LogP contribution in [0.4, 0.5) is 13.9 Å². The molecule has 1 saturated heterocycles. The van der Waals surface area contributed by atoms with Crippen LogP contribution in [0.2, 0.25) is 0 Å². The van der Waals surface area contributed by atoms with Gasteiger partial charge >= 0.3 is 11.9 Å². The van der Waals surface area contributed by atoms with Crippen LogP contribution in [0.3, 0.4) is 0 Å². The van der Waals surface area contributed by atoms with Crippen LogP contribution < -0.4 is 11.1 Å². The van der Waals surface area contributed by atoms with E-state index < -0.39 is 53.6 Å². The third-order valence-corrected chi connectivity index (χ3v) is 6.58. The number of nitrogens with two attached hydrogens (primary N) is 1. The molecule has 1 fully saturated rings. The number of hydrogen-bond acceptors (Lipinski definition) is 12. The van der Waals surface area contributed by atoms with E-state index in [1.54, 1.807) is 0 Å². The highest BCUT2D eigenvalue weighted by Gasteiger charge is 2.54. The molecule has 0 saturated carbocycles.